The van der Waals surface area contributed by atoms with Gasteiger partial charge < -0.3 is 15.9 Å². The SMILES string of the molecule is CC(O)(CC(=O)C(=O)O)C(N)=O. The van der Waals surface area contributed by atoms with Gasteiger partial charge in [-0.3, -0.25) is 9.59 Å². The molecule has 0 aromatic heterocycles. The highest BCUT2D eigenvalue weighted by molar-refractivity contribution is 6.33. The smallest absolute Gasteiger partial charge is 0.372 e. The molecule has 0 aliphatic carbocycles. The Balaban J connectivity index is 4.35. The minimum Gasteiger partial charge on any atom is -0.475 e. The molecule has 6 nitrogen and oxygen atoms in total. The van der Waals surface area contributed by atoms with E-state index in [1.165, 1.54) is 0 Å². The maximum atomic E-state index is 10.5. The highest BCUT2D eigenvalue weighted by Crippen LogP contribution is 2.08. The maximum Gasteiger partial charge on any atom is 0.372 e. The molecular weight excluding hydrogens is 166 g/mol. The molecule has 0 aromatic carbocycles. The molecule has 68 valence electrons. The summed E-state index contributed by atoms with van der Waals surface area (Å²) < 4.78 is 0. The van der Waals surface area contributed by atoms with Crippen molar-refractivity contribution in [2.45, 2.75) is 18.9 Å². The van der Waals surface area contributed by atoms with Crippen molar-refractivity contribution in [2.75, 3.05) is 0 Å². The molecule has 0 aliphatic heterocycles. The molecule has 0 heterocycles. The number of carboxylic acid groups (broad SMARTS) is 1. The summed E-state index contributed by atoms with van der Waals surface area (Å²) >= 11 is 0. The number of carbonyl (C=O) groups excluding carboxylic acids is 2. The standard InChI is InChI=1S/C6H9NO5/c1-6(12,5(7)11)2-3(8)4(9)10/h12H,2H2,1H3,(H2,7,11)(H,9,10). The highest BCUT2D eigenvalue weighted by atomic mass is 16.4. The van der Waals surface area contributed by atoms with Gasteiger partial charge in [-0.05, 0) is 6.92 Å². The average molecular weight is 175 g/mol. The Kier molecular flexibility index (Phi) is 2.92. The van der Waals surface area contributed by atoms with Crippen LogP contribution in [0.2, 0.25) is 0 Å². The number of hydrogen-bond donors (Lipinski definition) is 3. The van der Waals surface area contributed by atoms with Gasteiger partial charge in [-0.15, -0.1) is 0 Å². The Labute approximate surface area is 68.0 Å². The molecule has 1 atom stereocenters. The van der Waals surface area contributed by atoms with Crippen molar-refractivity contribution in [3.8, 4) is 0 Å². The Hall–Kier alpha value is -1.43. The van der Waals surface area contributed by atoms with Crippen LogP contribution >= 0.6 is 0 Å². The fourth-order valence-corrected chi connectivity index (χ4v) is 0.475. The number of nitrogens with two attached hydrogens (primary N) is 1. The summed E-state index contributed by atoms with van der Waals surface area (Å²) in [7, 11) is 0. The summed E-state index contributed by atoms with van der Waals surface area (Å²) in [6.45, 7) is 0.982. The van der Waals surface area contributed by atoms with Crippen LogP contribution in [0.4, 0.5) is 0 Å². The second-order valence-electron chi connectivity index (χ2n) is 2.54. The second kappa shape index (κ2) is 3.31. The van der Waals surface area contributed by atoms with Crippen molar-refractivity contribution in [1.29, 1.82) is 0 Å². The second-order valence-corrected chi connectivity index (χ2v) is 2.54. The van der Waals surface area contributed by atoms with Gasteiger partial charge in [-0.2, -0.15) is 0 Å². The third-order valence-corrected chi connectivity index (χ3v) is 1.27. The van der Waals surface area contributed by atoms with Crippen LogP contribution in [0.5, 0.6) is 0 Å². The molecule has 0 saturated carbocycles. The van der Waals surface area contributed by atoms with E-state index in [9.17, 15) is 14.4 Å². The third-order valence-electron chi connectivity index (χ3n) is 1.27. The van der Waals surface area contributed by atoms with E-state index < -0.39 is 29.7 Å². The minimum atomic E-state index is -2.09. The van der Waals surface area contributed by atoms with Gasteiger partial charge in [-0.1, -0.05) is 0 Å². The number of aliphatic hydroxyl groups is 1. The van der Waals surface area contributed by atoms with Gasteiger partial charge in [0.05, 0.1) is 6.42 Å². The molecule has 1 amide bonds. The summed E-state index contributed by atoms with van der Waals surface area (Å²) in [6.07, 6.45) is -0.808. The van der Waals surface area contributed by atoms with Gasteiger partial charge in [0.15, 0.2) is 0 Å². The first kappa shape index (κ1) is 10.6. The number of hydrogen-bond acceptors (Lipinski definition) is 4. The first-order valence-corrected chi connectivity index (χ1v) is 3.06. The van der Waals surface area contributed by atoms with Crippen LogP contribution in [0, 0.1) is 0 Å². The van der Waals surface area contributed by atoms with E-state index in [1.807, 2.05) is 0 Å². The number of ketones is 1. The fourth-order valence-electron chi connectivity index (χ4n) is 0.475. The lowest BCUT2D eigenvalue weighted by Gasteiger charge is -2.16. The number of primary amides is 1. The molecule has 0 spiro atoms. The van der Waals surface area contributed by atoms with Gasteiger partial charge in [0.1, 0.15) is 5.60 Å². The van der Waals surface area contributed by atoms with Crippen molar-refractivity contribution >= 4 is 17.7 Å². The zero-order valence-corrected chi connectivity index (χ0v) is 6.40. The van der Waals surface area contributed by atoms with E-state index in [1.54, 1.807) is 0 Å². The van der Waals surface area contributed by atoms with E-state index in [-0.39, 0.29) is 0 Å². The van der Waals surface area contributed by atoms with Crippen molar-refractivity contribution < 1.29 is 24.6 Å². The van der Waals surface area contributed by atoms with Gasteiger partial charge >= 0.3 is 5.97 Å². The third kappa shape index (κ3) is 2.67. The van der Waals surface area contributed by atoms with Crippen LogP contribution in [-0.4, -0.2) is 33.5 Å². The number of Topliss-reactive ketones (excluding diaryl/α,β-unsaturated/α-hetero) is 1. The Morgan fingerprint density at radius 3 is 2.08 bits per heavy atom. The largest absolute Gasteiger partial charge is 0.475 e. The first-order chi connectivity index (χ1) is 5.27. The molecule has 1 unspecified atom stereocenters. The predicted molar refractivity (Wildman–Crippen MR) is 37.1 cm³/mol. The van der Waals surface area contributed by atoms with E-state index in [4.69, 9.17) is 10.2 Å². The molecule has 12 heavy (non-hydrogen) atoms. The lowest BCUT2D eigenvalue weighted by Crippen LogP contribution is -2.43. The molecule has 0 fully saturated rings. The molecule has 0 aliphatic rings. The predicted octanol–water partition coefficient (Wildman–Crippen LogP) is -1.73. The lowest BCUT2D eigenvalue weighted by molar-refractivity contribution is -0.153. The summed E-state index contributed by atoms with van der Waals surface area (Å²) in [4.78, 5) is 30.9. The van der Waals surface area contributed by atoms with Crippen LogP contribution < -0.4 is 5.73 Å². The van der Waals surface area contributed by atoms with Gasteiger partial charge in [0.25, 0.3) is 0 Å². The number of rotatable bonds is 4. The summed E-state index contributed by atoms with van der Waals surface area (Å²) in [5.74, 6) is -4.08. The van der Waals surface area contributed by atoms with Gasteiger partial charge in [-0.25, -0.2) is 4.79 Å². The molecule has 4 N–H and O–H groups in total. The molecular formula is C6H9NO5. The van der Waals surface area contributed by atoms with Gasteiger partial charge in [0, 0.05) is 0 Å². The van der Waals surface area contributed by atoms with Crippen LogP contribution in [0.25, 0.3) is 0 Å². The van der Waals surface area contributed by atoms with Crippen LogP contribution in [0.3, 0.4) is 0 Å². The zero-order valence-electron chi connectivity index (χ0n) is 6.40. The molecule has 0 aromatic rings. The van der Waals surface area contributed by atoms with Crippen molar-refractivity contribution in [1.82, 2.24) is 0 Å². The highest BCUT2D eigenvalue weighted by Gasteiger charge is 2.32. The van der Waals surface area contributed by atoms with Crippen LogP contribution in [0.15, 0.2) is 0 Å². The zero-order chi connectivity index (χ0) is 9.94. The van der Waals surface area contributed by atoms with Crippen LogP contribution in [0.1, 0.15) is 13.3 Å². The molecule has 0 radical (unpaired) electrons. The van der Waals surface area contributed by atoms with E-state index in [0.717, 1.165) is 6.92 Å². The van der Waals surface area contributed by atoms with Crippen molar-refractivity contribution in [2.24, 2.45) is 5.73 Å². The molecule has 0 rings (SSSR count). The summed E-state index contributed by atoms with van der Waals surface area (Å²) in [6, 6.07) is 0. The van der Waals surface area contributed by atoms with E-state index >= 15 is 0 Å². The van der Waals surface area contributed by atoms with Gasteiger partial charge in [0.2, 0.25) is 11.7 Å². The minimum absolute atomic E-state index is 0.808. The van der Waals surface area contributed by atoms with E-state index in [2.05, 4.69) is 5.73 Å². The molecule has 0 bridgehead atoms. The number of carbonyl (C=O) groups is 3. The Bertz CT molecular complexity index is 232. The number of amides is 1. The number of aliphatic carboxylic acids is 1. The summed E-state index contributed by atoms with van der Waals surface area (Å²) in [5, 5.41) is 17.2. The average Bonchev–Trinajstić information content (AvgIpc) is 1.85. The Morgan fingerprint density at radius 2 is 1.83 bits per heavy atom. The summed E-state index contributed by atoms with van der Waals surface area (Å²) in [5.41, 5.74) is 2.60. The molecule has 0 saturated heterocycles. The topological polar surface area (TPSA) is 118 Å². The molecule has 6 heteroatoms. The first-order valence-electron chi connectivity index (χ1n) is 3.06. The maximum absolute atomic E-state index is 10.5. The Morgan fingerprint density at radius 1 is 1.42 bits per heavy atom. The van der Waals surface area contributed by atoms with Crippen molar-refractivity contribution in [3.63, 3.8) is 0 Å². The van der Waals surface area contributed by atoms with E-state index in [0.29, 0.717) is 0 Å². The normalized spacial score (nSPS) is 14.8. The van der Waals surface area contributed by atoms with Crippen LogP contribution in [-0.2, 0) is 14.4 Å². The fraction of sp³-hybridized carbons (Fsp3) is 0.500. The number of carboxylic acids is 1. The lowest BCUT2D eigenvalue weighted by atomic mass is 9.99. The monoisotopic (exact) mass is 175 g/mol. The quantitative estimate of drug-likeness (QED) is 0.438. The van der Waals surface area contributed by atoms with Crippen molar-refractivity contribution in [3.05, 3.63) is 0 Å².